The van der Waals surface area contributed by atoms with E-state index in [4.69, 9.17) is 5.84 Å². The van der Waals surface area contributed by atoms with Gasteiger partial charge in [-0.15, -0.1) is 0 Å². The first kappa shape index (κ1) is 13.9. The topological polar surface area (TPSA) is 55.9 Å². The van der Waals surface area contributed by atoms with Gasteiger partial charge in [0.05, 0.1) is 6.04 Å². The number of imidazole rings is 1. The third-order valence-electron chi connectivity index (χ3n) is 3.65. The molecule has 1 atom stereocenters. The minimum atomic E-state index is 0.159. The highest BCUT2D eigenvalue weighted by molar-refractivity contribution is 7.99. The van der Waals surface area contributed by atoms with Gasteiger partial charge in [0.1, 0.15) is 5.82 Å². The molecule has 4 nitrogen and oxygen atoms in total. The zero-order chi connectivity index (χ0) is 12.8. The summed E-state index contributed by atoms with van der Waals surface area (Å²) in [5, 5.41) is 0.819. The van der Waals surface area contributed by atoms with Crippen LogP contribution in [0.5, 0.6) is 0 Å². The summed E-state index contributed by atoms with van der Waals surface area (Å²) in [6.45, 7) is 3.08. The smallest absolute Gasteiger partial charge is 0.128 e. The standard InChI is InChI=1S/C13H24N4S/c1-2-17-9-8-15-13(17)12(16-14)10-18-11-6-4-3-5-7-11/h8-9,11-12,16H,2-7,10,14H2,1H3. The molecule has 1 aromatic rings. The van der Waals surface area contributed by atoms with Crippen molar-refractivity contribution in [3.8, 4) is 0 Å². The highest BCUT2D eigenvalue weighted by Crippen LogP contribution is 2.30. The second-order valence-electron chi connectivity index (χ2n) is 4.88. The molecule has 1 aliphatic carbocycles. The van der Waals surface area contributed by atoms with Gasteiger partial charge in [0.2, 0.25) is 0 Å². The fraction of sp³-hybridized carbons (Fsp3) is 0.769. The Kier molecular flexibility index (Phi) is 5.53. The Morgan fingerprint density at radius 2 is 2.28 bits per heavy atom. The lowest BCUT2D eigenvalue weighted by molar-refractivity contribution is 0.510. The van der Waals surface area contributed by atoms with Crippen LogP contribution in [0.1, 0.15) is 50.9 Å². The van der Waals surface area contributed by atoms with E-state index >= 15 is 0 Å². The first-order chi connectivity index (χ1) is 8.85. The molecule has 3 N–H and O–H groups in total. The third kappa shape index (κ3) is 3.49. The molecule has 1 heterocycles. The monoisotopic (exact) mass is 268 g/mol. The number of aryl methyl sites for hydroxylation is 1. The molecule has 1 unspecified atom stereocenters. The van der Waals surface area contributed by atoms with Crippen molar-refractivity contribution in [2.75, 3.05) is 5.75 Å². The predicted octanol–water partition coefficient (Wildman–Crippen LogP) is 2.47. The summed E-state index contributed by atoms with van der Waals surface area (Å²) >= 11 is 2.05. The van der Waals surface area contributed by atoms with Crippen LogP contribution in [0.3, 0.4) is 0 Å². The van der Waals surface area contributed by atoms with E-state index in [9.17, 15) is 0 Å². The SMILES string of the molecule is CCn1ccnc1C(CSC1CCCCC1)NN. The van der Waals surface area contributed by atoms with Crippen LogP contribution >= 0.6 is 11.8 Å². The Hall–Kier alpha value is -0.520. The van der Waals surface area contributed by atoms with Crippen molar-refractivity contribution in [3.63, 3.8) is 0 Å². The number of hydrogen-bond acceptors (Lipinski definition) is 4. The van der Waals surface area contributed by atoms with E-state index in [1.54, 1.807) is 0 Å². The lowest BCUT2D eigenvalue weighted by atomic mass is 10.0. The molecule has 0 aromatic carbocycles. The molecule has 0 aliphatic heterocycles. The van der Waals surface area contributed by atoms with Crippen molar-refractivity contribution in [3.05, 3.63) is 18.2 Å². The normalized spacial score (nSPS) is 19.0. The van der Waals surface area contributed by atoms with Crippen LogP contribution in [0.25, 0.3) is 0 Å². The van der Waals surface area contributed by atoms with Gasteiger partial charge < -0.3 is 4.57 Å². The van der Waals surface area contributed by atoms with Crippen LogP contribution in [0.15, 0.2) is 12.4 Å². The molecule has 0 spiro atoms. The van der Waals surface area contributed by atoms with Gasteiger partial charge in [-0.3, -0.25) is 5.84 Å². The Labute approximate surface area is 114 Å². The number of aromatic nitrogens is 2. The molecule has 2 rings (SSSR count). The van der Waals surface area contributed by atoms with Gasteiger partial charge in [0.25, 0.3) is 0 Å². The summed E-state index contributed by atoms with van der Waals surface area (Å²) < 4.78 is 2.16. The van der Waals surface area contributed by atoms with E-state index in [2.05, 4.69) is 33.7 Å². The maximum atomic E-state index is 5.69. The summed E-state index contributed by atoms with van der Waals surface area (Å²) in [7, 11) is 0. The van der Waals surface area contributed by atoms with E-state index in [1.807, 2.05) is 12.4 Å². The molecule has 5 heteroatoms. The molecule has 1 fully saturated rings. The maximum absolute atomic E-state index is 5.69. The molecule has 0 saturated heterocycles. The highest BCUT2D eigenvalue weighted by Gasteiger charge is 2.19. The molecule has 1 aliphatic rings. The van der Waals surface area contributed by atoms with Crippen LogP contribution in [0, 0.1) is 0 Å². The Balaban J connectivity index is 1.88. The molecule has 1 saturated carbocycles. The van der Waals surface area contributed by atoms with Crippen molar-refractivity contribution in [2.24, 2.45) is 5.84 Å². The van der Waals surface area contributed by atoms with Crippen molar-refractivity contribution in [1.29, 1.82) is 0 Å². The number of hydrogen-bond donors (Lipinski definition) is 2. The first-order valence-electron chi connectivity index (χ1n) is 6.94. The molecule has 0 bridgehead atoms. The molecular formula is C13H24N4S. The Morgan fingerprint density at radius 3 is 2.94 bits per heavy atom. The number of thioether (sulfide) groups is 1. The van der Waals surface area contributed by atoms with Crippen molar-refractivity contribution in [1.82, 2.24) is 15.0 Å². The lowest BCUT2D eigenvalue weighted by Gasteiger charge is -2.23. The Bertz CT molecular complexity index is 347. The van der Waals surface area contributed by atoms with E-state index in [1.165, 1.54) is 32.1 Å². The number of nitrogens with one attached hydrogen (secondary N) is 1. The fourth-order valence-corrected chi connectivity index (χ4v) is 3.94. The van der Waals surface area contributed by atoms with Gasteiger partial charge in [-0.2, -0.15) is 11.8 Å². The number of nitrogens with two attached hydrogens (primary N) is 1. The highest BCUT2D eigenvalue weighted by atomic mass is 32.2. The minimum Gasteiger partial charge on any atom is -0.334 e. The zero-order valence-electron chi connectivity index (χ0n) is 11.1. The van der Waals surface area contributed by atoms with Crippen LogP contribution < -0.4 is 11.3 Å². The molecular weight excluding hydrogens is 244 g/mol. The van der Waals surface area contributed by atoms with E-state index < -0.39 is 0 Å². The van der Waals surface area contributed by atoms with E-state index in [0.717, 1.165) is 23.4 Å². The first-order valence-corrected chi connectivity index (χ1v) is 7.98. The number of rotatable bonds is 6. The summed E-state index contributed by atoms with van der Waals surface area (Å²) in [6.07, 6.45) is 10.8. The second-order valence-corrected chi connectivity index (χ2v) is 6.22. The fourth-order valence-electron chi connectivity index (χ4n) is 2.56. The molecule has 18 heavy (non-hydrogen) atoms. The van der Waals surface area contributed by atoms with E-state index in [0.29, 0.717) is 0 Å². The van der Waals surface area contributed by atoms with Crippen LogP contribution in [-0.2, 0) is 6.54 Å². The van der Waals surface area contributed by atoms with Gasteiger partial charge >= 0.3 is 0 Å². The second kappa shape index (κ2) is 7.16. The van der Waals surface area contributed by atoms with Gasteiger partial charge in [-0.05, 0) is 19.8 Å². The van der Waals surface area contributed by atoms with Gasteiger partial charge in [-0.1, -0.05) is 19.3 Å². The molecule has 0 amide bonds. The van der Waals surface area contributed by atoms with E-state index in [-0.39, 0.29) is 6.04 Å². The predicted molar refractivity (Wildman–Crippen MR) is 77.3 cm³/mol. The van der Waals surface area contributed by atoms with Gasteiger partial charge in [-0.25, -0.2) is 10.4 Å². The Morgan fingerprint density at radius 1 is 1.50 bits per heavy atom. The molecule has 102 valence electrons. The van der Waals surface area contributed by atoms with Crippen LogP contribution in [0.4, 0.5) is 0 Å². The third-order valence-corrected chi connectivity index (χ3v) is 5.12. The van der Waals surface area contributed by atoms with Crippen molar-refractivity contribution in [2.45, 2.75) is 56.9 Å². The average molecular weight is 268 g/mol. The maximum Gasteiger partial charge on any atom is 0.128 e. The summed E-state index contributed by atoms with van der Waals surface area (Å²) in [6, 6.07) is 0.159. The number of nitrogens with zero attached hydrogens (tertiary/aromatic N) is 2. The molecule has 0 radical (unpaired) electrons. The quantitative estimate of drug-likeness (QED) is 0.615. The average Bonchev–Trinajstić information content (AvgIpc) is 2.89. The zero-order valence-corrected chi connectivity index (χ0v) is 12.0. The van der Waals surface area contributed by atoms with Crippen molar-refractivity contribution < 1.29 is 0 Å². The largest absolute Gasteiger partial charge is 0.334 e. The van der Waals surface area contributed by atoms with Gasteiger partial charge in [0, 0.05) is 29.9 Å². The van der Waals surface area contributed by atoms with Gasteiger partial charge in [0.15, 0.2) is 0 Å². The molecule has 1 aromatic heterocycles. The summed E-state index contributed by atoms with van der Waals surface area (Å²) in [4.78, 5) is 4.43. The summed E-state index contributed by atoms with van der Waals surface area (Å²) in [5.41, 5.74) is 2.91. The van der Waals surface area contributed by atoms with Crippen LogP contribution in [-0.4, -0.2) is 20.6 Å². The van der Waals surface area contributed by atoms with Crippen molar-refractivity contribution >= 4 is 11.8 Å². The lowest BCUT2D eigenvalue weighted by Crippen LogP contribution is -2.32. The summed E-state index contributed by atoms with van der Waals surface area (Å²) in [5.74, 6) is 7.76. The minimum absolute atomic E-state index is 0.159. The number of hydrazine groups is 1. The van der Waals surface area contributed by atoms with Crippen LogP contribution in [0.2, 0.25) is 0 Å².